The van der Waals surface area contributed by atoms with E-state index in [9.17, 15) is 5.11 Å². The van der Waals surface area contributed by atoms with Crippen molar-refractivity contribution in [3.05, 3.63) is 23.8 Å². The zero-order chi connectivity index (χ0) is 21.1. The zero-order valence-electron chi connectivity index (χ0n) is 18.9. The Morgan fingerprint density at radius 1 is 1.24 bits per heavy atom. The molecule has 1 saturated carbocycles. The highest BCUT2D eigenvalue weighted by Crippen LogP contribution is 2.30. The molecule has 25 heavy (non-hydrogen) atoms. The minimum absolute atomic E-state index is 0.0917. The Kier molecular flexibility index (Phi) is 4.92. The predicted molar refractivity (Wildman–Crippen MR) is 97.4 cm³/mol. The monoisotopic (exact) mass is 353 g/mol. The first-order valence-corrected chi connectivity index (χ1v) is 9.11. The van der Waals surface area contributed by atoms with Crippen LogP contribution in [0.1, 0.15) is 43.2 Å². The van der Waals surface area contributed by atoms with Gasteiger partial charge in [-0.15, -0.1) is 0 Å². The van der Waals surface area contributed by atoms with E-state index in [1.54, 1.807) is 12.1 Å². The van der Waals surface area contributed by atoms with Gasteiger partial charge in [-0.1, -0.05) is 18.9 Å². The van der Waals surface area contributed by atoms with E-state index in [0.29, 0.717) is 31.7 Å². The molecule has 2 fully saturated rings. The normalized spacial score (nSPS) is 33.2. The lowest BCUT2D eigenvalue weighted by Crippen LogP contribution is -2.46. The second-order valence-electron chi connectivity index (χ2n) is 6.89. The van der Waals surface area contributed by atoms with E-state index in [0.717, 1.165) is 37.8 Å². The van der Waals surface area contributed by atoms with Gasteiger partial charge in [0.1, 0.15) is 0 Å². The number of hydrogen-bond donors (Lipinski definition) is 1. The van der Waals surface area contributed by atoms with Gasteiger partial charge < -0.3 is 19.3 Å². The molecule has 1 aromatic rings. The Hall–Kier alpha value is -1.30. The van der Waals surface area contributed by atoms with Crippen LogP contribution in [0.25, 0.3) is 0 Å². The number of rotatable bonds is 7. The van der Waals surface area contributed by atoms with Gasteiger partial charge in [-0.3, -0.25) is 4.90 Å². The van der Waals surface area contributed by atoms with Gasteiger partial charge in [0.15, 0.2) is 11.5 Å². The maximum atomic E-state index is 9.98. The molecule has 1 saturated heterocycles. The summed E-state index contributed by atoms with van der Waals surface area (Å²) in [6.45, 7) is 1.63. The fourth-order valence-corrected chi connectivity index (χ4v) is 3.92. The Balaban J connectivity index is 1.57. The molecule has 3 atom stereocenters. The SMILES string of the molecule is [2H]C([2H])([2H])Oc1cc(CCO[C@@H]2CCCC[C@H]2N2CC[C@@]([2H])(O)C2)ccc1OC. The third-order valence-corrected chi connectivity index (χ3v) is 5.27. The van der Waals surface area contributed by atoms with Crippen molar-refractivity contribution < 1.29 is 24.8 Å². The fraction of sp³-hybridized carbons (Fsp3) is 0.700. The number of aliphatic hydroxyl groups is 1. The van der Waals surface area contributed by atoms with Crippen LogP contribution >= 0.6 is 0 Å². The van der Waals surface area contributed by atoms with Gasteiger partial charge in [0.2, 0.25) is 0 Å². The molecule has 1 aliphatic carbocycles. The number of nitrogens with zero attached hydrogens (tertiary/aromatic N) is 1. The molecule has 1 heterocycles. The van der Waals surface area contributed by atoms with Crippen LogP contribution in [0, 0.1) is 0 Å². The van der Waals surface area contributed by atoms with E-state index in [-0.39, 0.29) is 17.9 Å². The van der Waals surface area contributed by atoms with Gasteiger partial charge in [0, 0.05) is 19.1 Å². The average molecular weight is 353 g/mol. The van der Waals surface area contributed by atoms with Crippen LogP contribution in [0.15, 0.2) is 18.2 Å². The van der Waals surface area contributed by atoms with Crippen LogP contribution in [0.5, 0.6) is 11.5 Å². The van der Waals surface area contributed by atoms with E-state index in [4.69, 9.17) is 19.7 Å². The number of likely N-dealkylation sites (tertiary alicyclic amines) is 1. The van der Waals surface area contributed by atoms with Gasteiger partial charge in [-0.2, -0.15) is 0 Å². The van der Waals surface area contributed by atoms with Gasteiger partial charge >= 0.3 is 0 Å². The number of methoxy groups -OCH3 is 2. The molecule has 3 rings (SSSR count). The summed E-state index contributed by atoms with van der Waals surface area (Å²) in [7, 11) is -1.06. The van der Waals surface area contributed by atoms with E-state index in [1.807, 2.05) is 6.07 Å². The molecule has 0 aromatic heterocycles. The standard InChI is InChI=1S/C20H31NO4/c1-23-19-8-7-15(13-20(19)24-2)10-12-25-18-6-4-3-5-17(18)21-11-9-16(22)14-21/h7-8,13,16-18,22H,3-6,9-12,14H2,1-2H3/t16-,17-,18-/m1/s1/i2D3,16D. The van der Waals surface area contributed by atoms with Crippen molar-refractivity contribution in [1.29, 1.82) is 0 Å². The molecule has 0 bridgehead atoms. The highest BCUT2D eigenvalue weighted by Gasteiger charge is 2.34. The average Bonchev–Trinajstić information content (AvgIpc) is 3.01. The molecule has 1 N–H and O–H groups in total. The van der Waals surface area contributed by atoms with Crippen molar-refractivity contribution in [2.45, 2.75) is 56.8 Å². The second-order valence-corrected chi connectivity index (χ2v) is 6.89. The van der Waals surface area contributed by atoms with Crippen LogP contribution in [-0.2, 0) is 11.2 Å². The molecule has 5 heteroatoms. The summed E-state index contributed by atoms with van der Waals surface area (Å²) >= 11 is 0. The quantitative estimate of drug-likeness (QED) is 0.817. The summed E-state index contributed by atoms with van der Waals surface area (Å²) in [5.41, 5.74) is 0.916. The Bertz CT molecular complexity index is 683. The topological polar surface area (TPSA) is 51.2 Å². The van der Waals surface area contributed by atoms with Crippen molar-refractivity contribution in [1.82, 2.24) is 4.90 Å². The maximum Gasteiger partial charge on any atom is 0.160 e. The highest BCUT2D eigenvalue weighted by molar-refractivity contribution is 5.42. The summed E-state index contributed by atoms with van der Waals surface area (Å²) in [6.07, 6.45) is 4.14. The predicted octanol–water partition coefficient (Wildman–Crippen LogP) is 2.64. The minimum Gasteiger partial charge on any atom is -0.493 e. The summed E-state index contributed by atoms with van der Waals surface area (Å²) in [5.74, 6) is 0.586. The molecule has 2 aliphatic rings. The van der Waals surface area contributed by atoms with Crippen LogP contribution in [0.3, 0.4) is 0 Å². The molecule has 0 spiro atoms. The molecule has 0 unspecified atom stereocenters. The number of β-amino-alcohol motifs (C(OH)–C–C–N with tert-alkyl or cyclic N) is 1. The smallest absolute Gasteiger partial charge is 0.160 e. The van der Waals surface area contributed by atoms with Crippen LogP contribution in [-0.4, -0.2) is 62.1 Å². The molecule has 1 aromatic carbocycles. The first-order valence-electron chi connectivity index (χ1n) is 11.1. The van der Waals surface area contributed by atoms with Crippen molar-refractivity contribution in [3.8, 4) is 11.5 Å². The second kappa shape index (κ2) is 8.88. The van der Waals surface area contributed by atoms with Gasteiger partial charge in [0.05, 0.1) is 38.4 Å². The lowest BCUT2D eigenvalue weighted by atomic mass is 9.91. The van der Waals surface area contributed by atoms with Crippen LogP contribution in [0.2, 0.25) is 0 Å². The van der Waals surface area contributed by atoms with Crippen LogP contribution in [0.4, 0.5) is 0 Å². The third kappa shape index (κ3) is 4.66. The zero-order valence-corrected chi connectivity index (χ0v) is 14.9. The van der Waals surface area contributed by atoms with E-state index in [1.165, 1.54) is 7.11 Å². The molecular formula is C20H31NO4. The minimum atomic E-state index is -2.53. The maximum absolute atomic E-state index is 9.98. The lowest BCUT2D eigenvalue weighted by Gasteiger charge is -2.37. The molecule has 0 amide bonds. The highest BCUT2D eigenvalue weighted by atomic mass is 16.5. The van der Waals surface area contributed by atoms with E-state index >= 15 is 0 Å². The largest absolute Gasteiger partial charge is 0.493 e. The van der Waals surface area contributed by atoms with E-state index < -0.39 is 13.1 Å². The first kappa shape index (κ1) is 13.8. The van der Waals surface area contributed by atoms with Crippen molar-refractivity contribution in [3.63, 3.8) is 0 Å². The van der Waals surface area contributed by atoms with Gasteiger partial charge in [0.25, 0.3) is 0 Å². The van der Waals surface area contributed by atoms with Crippen molar-refractivity contribution >= 4 is 0 Å². The Labute approximate surface area is 156 Å². The van der Waals surface area contributed by atoms with Crippen molar-refractivity contribution in [2.24, 2.45) is 0 Å². The Morgan fingerprint density at radius 2 is 2.12 bits per heavy atom. The van der Waals surface area contributed by atoms with E-state index in [2.05, 4.69) is 4.90 Å². The first-order chi connectivity index (χ1) is 13.7. The number of ether oxygens (including phenoxy) is 3. The van der Waals surface area contributed by atoms with Crippen LogP contribution < -0.4 is 9.47 Å². The molecule has 140 valence electrons. The molecule has 0 radical (unpaired) electrons. The van der Waals surface area contributed by atoms with Crippen molar-refractivity contribution in [2.75, 3.05) is 33.8 Å². The number of benzene rings is 1. The summed E-state index contributed by atoms with van der Waals surface area (Å²) in [6, 6.07) is 5.52. The molecular weight excluding hydrogens is 318 g/mol. The number of hydrogen-bond acceptors (Lipinski definition) is 5. The third-order valence-electron chi connectivity index (χ3n) is 5.27. The summed E-state index contributed by atoms with van der Waals surface area (Å²) in [4.78, 5) is 2.20. The Morgan fingerprint density at radius 3 is 2.88 bits per heavy atom. The summed E-state index contributed by atoms with van der Waals surface area (Å²) < 4.78 is 46.3. The van der Waals surface area contributed by atoms with Gasteiger partial charge in [-0.25, -0.2) is 0 Å². The molecule has 5 nitrogen and oxygen atoms in total. The fourth-order valence-electron chi connectivity index (χ4n) is 3.92. The molecule has 1 aliphatic heterocycles. The lowest BCUT2D eigenvalue weighted by molar-refractivity contribution is -0.0316. The van der Waals surface area contributed by atoms with Gasteiger partial charge in [-0.05, 0) is 43.4 Å². The summed E-state index contributed by atoms with van der Waals surface area (Å²) in [5, 5.41) is 9.98.